The molecule has 0 aliphatic rings. The van der Waals surface area contributed by atoms with Crippen molar-refractivity contribution in [1.29, 1.82) is 0 Å². The molecule has 0 aliphatic carbocycles. The summed E-state index contributed by atoms with van der Waals surface area (Å²) in [6.45, 7) is 17.1. The van der Waals surface area contributed by atoms with Crippen LogP contribution >= 0.6 is 0 Å². The largest absolute Gasteiger partial charge is 0.466 e. The van der Waals surface area contributed by atoms with Crippen molar-refractivity contribution < 1.29 is 61.7 Å². The minimum Gasteiger partial charge on any atom is -0.466 e. The van der Waals surface area contributed by atoms with Crippen LogP contribution < -0.4 is 0 Å². The van der Waals surface area contributed by atoms with Gasteiger partial charge in [0.05, 0.1) is 13.2 Å². The standard InChI is InChI=1S/C40H78O13/c1-3-5-19-43-23-9-25-46-27-11-29-48-31-13-33-50-35-15-37-52-39(41)17-7-21-45-22-8-18-40(42)53-38-16-36-51-34-14-32-49-30-12-28-47-26-10-24-44-20-6-4-2/h3-38H2,1-2H3. The van der Waals surface area contributed by atoms with Crippen molar-refractivity contribution in [1.82, 2.24) is 0 Å². The first-order valence-electron chi connectivity index (χ1n) is 20.7. The molecule has 0 N–H and O–H groups in total. The Bertz CT molecular complexity index is 671. The molecule has 0 aromatic carbocycles. The molecular formula is C40H78O13. The van der Waals surface area contributed by atoms with E-state index in [1.807, 2.05) is 0 Å². The lowest BCUT2D eigenvalue weighted by molar-refractivity contribution is -0.145. The maximum absolute atomic E-state index is 11.9. The number of carbonyl (C=O) groups excluding carboxylic acids is 2. The van der Waals surface area contributed by atoms with E-state index in [0.29, 0.717) is 131 Å². The van der Waals surface area contributed by atoms with E-state index in [0.717, 1.165) is 104 Å². The zero-order valence-corrected chi connectivity index (χ0v) is 33.8. The molecule has 0 aromatic rings. The summed E-state index contributed by atoms with van der Waals surface area (Å²) in [6, 6.07) is 0. The second-order valence-electron chi connectivity index (χ2n) is 12.7. The Balaban J connectivity index is 3.23. The number of unbranched alkanes of at least 4 members (excludes halogenated alkanes) is 2. The summed E-state index contributed by atoms with van der Waals surface area (Å²) >= 11 is 0. The summed E-state index contributed by atoms with van der Waals surface area (Å²) in [7, 11) is 0. The minimum atomic E-state index is -0.237. The summed E-state index contributed by atoms with van der Waals surface area (Å²) in [6.07, 6.45) is 13.0. The molecule has 0 atom stereocenters. The molecule has 0 fully saturated rings. The van der Waals surface area contributed by atoms with Gasteiger partial charge in [0.25, 0.3) is 0 Å². The molecule has 13 heteroatoms. The number of hydrogen-bond donors (Lipinski definition) is 0. The molecule has 0 saturated carbocycles. The highest BCUT2D eigenvalue weighted by molar-refractivity contribution is 5.69. The number of hydrogen-bond acceptors (Lipinski definition) is 13. The summed E-state index contributed by atoms with van der Waals surface area (Å²) < 4.78 is 60.5. The van der Waals surface area contributed by atoms with Gasteiger partial charge in [-0.3, -0.25) is 9.59 Å². The molecule has 13 nitrogen and oxygen atoms in total. The summed E-state index contributed by atoms with van der Waals surface area (Å²) in [5, 5.41) is 0. The Morgan fingerprint density at radius 3 is 0.679 bits per heavy atom. The number of rotatable bonds is 46. The average molecular weight is 767 g/mol. The molecule has 0 radical (unpaired) electrons. The lowest BCUT2D eigenvalue weighted by atomic mass is 10.3. The van der Waals surface area contributed by atoms with Crippen LogP contribution in [-0.2, 0) is 61.7 Å². The lowest BCUT2D eigenvalue weighted by Gasteiger charge is -2.08. The zero-order valence-electron chi connectivity index (χ0n) is 33.8. The van der Waals surface area contributed by atoms with Crippen LogP contribution in [0.5, 0.6) is 0 Å². The van der Waals surface area contributed by atoms with Gasteiger partial charge in [-0.05, 0) is 64.2 Å². The first-order chi connectivity index (χ1) is 26.2. The fourth-order valence-electron chi connectivity index (χ4n) is 4.47. The van der Waals surface area contributed by atoms with Gasteiger partial charge >= 0.3 is 11.9 Å². The van der Waals surface area contributed by atoms with Gasteiger partial charge in [-0.2, -0.15) is 0 Å². The van der Waals surface area contributed by atoms with Crippen molar-refractivity contribution in [2.24, 2.45) is 0 Å². The van der Waals surface area contributed by atoms with E-state index >= 15 is 0 Å². The maximum Gasteiger partial charge on any atom is 0.305 e. The Labute approximate surface area is 322 Å². The molecule has 0 unspecified atom stereocenters. The molecule has 316 valence electrons. The van der Waals surface area contributed by atoms with Gasteiger partial charge in [0.2, 0.25) is 0 Å². The molecule has 0 aliphatic heterocycles. The van der Waals surface area contributed by atoms with E-state index in [4.69, 9.17) is 52.1 Å². The van der Waals surface area contributed by atoms with E-state index < -0.39 is 0 Å². The van der Waals surface area contributed by atoms with Crippen molar-refractivity contribution in [2.75, 3.05) is 132 Å². The van der Waals surface area contributed by atoms with Gasteiger partial charge in [0.15, 0.2) is 0 Å². The van der Waals surface area contributed by atoms with Crippen molar-refractivity contribution in [3.63, 3.8) is 0 Å². The third-order valence-corrected chi connectivity index (χ3v) is 7.48. The Morgan fingerprint density at radius 2 is 0.453 bits per heavy atom. The Morgan fingerprint density at radius 1 is 0.264 bits per heavy atom. The first kappa shape index (κ1) is 51.6. The maximum atomic E-state index is 11.9. The van der Waals surface area contributed by atoms with Crippen LogP contribution in [0.1, 0.15) is 117 Å². The highest BCUT2D eigenvalue weighted by atomic mass is 16.5. The molecule has 0 rings (SSSR count). The van der Waals surface area contributed by atoms with Crippen LogP contribution in [0.15, 0.2) is 0 Å². The molecule has 0 aromatic heterocycles. The fraction of sp³-hybridized carbons (Fsp3) is 0.950. The molecular weight excluding hydrogens is 688 g/mol. The monoisotopic (exact) mass is 767 g/mol. The minimum absolute atomic E-state index is 0.237. The van der Waals surface area contributed by atoms with Crippen LogP contribution in [0.4, 0.5) is 0 Å². The molecule has 0 spiro atoms. The van der Waals surface area contributed by atoms with Crippen LogP contribution in [0.2, 0.25) is 0 Å². The van der Waals surface area contributed by atoms with E-state index in [1.165, 1.54) is 0 Å². The van der Waals surface area contributed by atoms with Crippen molar-refractivity contribution in [3.8, 4) is 0 Å². The normalized spacial score (nSPS) is 11.4. The molecule has 0 saturated heterocycles. The summed E-state index contributed by atoms with van der Waals surface area (Å²) in [5.74, 6) is -0.474. The van der Waals surface area contributed by atoms with Crippen LogP contribution in [0.25, 0.3) is 0 Å². The Hall–Kier alpha value is -1.42. The van der Waals surface area contributed by atoms with Crippen molar-refractivity contribution >= 4 is 11.9 Å². The third kappa shape index (κ3) is 46.7. The number of ether oxygens (including phenoxy) is 11. The average Bonchev–Trinajstić information content (AvgIpc) is 3.16. The summed E-state index contributed by atoms with van der Waals surface area (Å²) in [5.41, 5.74) is 0. The highest BCUT2D eigenvalue weighted by Crippen LogP contribution is 2.00. The quantitative estimate of drug-likeness (QED) is 0.0493. The fourth-order valence-corrected chi connectivity index (χ4v) is 4.47. The Kier molecular flexibility index (Phi) is 45.5. The van der Waals surface area contributed by atoms with E-state index in [2.05, 4.69) is 13.8 Å². The van der Waals surface area contributed by atoms with Crippen molar-refractivity contribution in [2.45, 2.75) is 117 Å². The summed E-state index contributed by atoms with van der Waals surface area (Å²) in [4.78, 5) is 23.8. The second-order valence-corrected chi connectivity index (χ2v) is 12.7. The van der Waals surface area contributed by atoms with Crippen LogP contribution in [-0.4, -0.2) is 144 Å². The SMILES string of the molecule is CCCCOCCCOCCCOCCCOCCCOC(=O)CCCOCCCC(=O)OCCCOCCCOCCCOCCCOCCCC. The van der Waals surface area contributed by atoms with Gasteiger partial charge in [0.1, 0.15) is 0 Å². The molecule has 53 heavy (non-hydrogen) atoms. The number of carbonyl (C=O) groups is 2. The topological polar surface area (TPSA) is 136 Å². The highest BCUT2D eigenvalue weighted by Gasteiger charge is 2.05. The predicted molar refractivity (Wildman–Crippen MR) is 205 cm³/mol. The molecule has 0 bridgehead atoms. The van der Waals surface area contributed by atoms with Gasteiger partial charge in [-0.25, -0.2) is 0 Å². The van der Waals surface area contributed by atoms with Crippen molar-refractivity contribution in [3.05, 3.63) is 0 Å². The van der Waals surface area contributed by atoms with E-state index in [9.17, 15) is 9.59 Å². The predicted octanol–water partition coefficient (Wildman–Crippen LogP) is 6.50. The zero-order chi connectivity index (χ0) is 38.4. The number of esters is 2. The van der Waals surface area contributed by atoms with Gasteiger partial charge in [-0.15, -0.1) is 0 Å². The first-order valence-corrected chi connectivity index (χ1v) is 20.7. The lowest BCUT2D eigenvalue weighted by Crippen LogP contribution is -2.11. The second kappa shape index (κ2) is 46.7. The van der Waals surface area contributed by atoms with Gasteiger partial charge in [0, 0.05) is 145 Å². The van der Waals surface area contributed by atoms with E-state index in [-0.39, 0.29) is 11.9 Å². The smallest absolute Gasteiger partial charge is 0.305 e. The van der Waals surface area contributed by atoms with E-state index in [1.54, 1.807) is 0 Å². The van der Waals surface area contributed by atoms with Gasteiger partial charge < -0.3 is 52.1 Å². The molecule has 0 amide bonds. The van der Waals surface area contributed by atoms with Crippen LogP contribution in [0, 0.1) is 0 Å². The van der Waals surface area contributed by atoms with Crippen LogP contribution in [0.3, 0.4) is 0 Å². The molecule has 0 heterocycles. The van der Waals surface area contributed by atoms with Gasteiger partial charge in [-0.1, -0.05) is 26.7 Å². The third-order valence-electron chi connectivity index (χ3n) is 7.48.